The van der Waals surface area contributed by atoms with Gasteiger partial charge in [-0.3, -0.25) is 4.79 Å². The third kappa shape index (κ3) is 5.54. The smallest absolute Gasteiger partial charge is 0.317 e. The first kappa shape index (κ1) is 17.2. The van der Waals surface area contributed by atoms with E-state index in [-0.39, 0.29) is 23.7 Å². The summed E-state index contributed by atoms with van der Waals surface area (Å²) in [6.45, 7) is 1.23. The Hall–Kier alpha value is -2.11. The highest BCUT2D eigenvalue weighted by Gasteiger charge is 2.21. The van der Waals surface area contributed by atoms with Gasteiger partial charge in [0.15, 0.2) is 0 Å². The number of benzene rings is 1. The molecular formula is C17H24FN3O2. The van der Waals surface area contributed by atoms with E-state index in [1.54, 1.807) is 19.2 Å². The van der Waals surface area contributed by atoms with Crippen LogP contribution in [0.15, 0.2) is 24.3 Å². The highest BCUT2D eigenvalue weighted by Crippen LogP contribution is 2.24. The Kier molecular flexibility index (Phi) is 6.38. The van der Waals surface area contributed by atoms with E-state index >= 15 is 0 Å². The van der Waals surface area contributed by atoms with Crippen molar-refractivity contribution in [2.45, 2.75) is 32.2 Å². The van der Waals surface area contributed by atoms with Gasteiger partial charge in [-0.05, 0) is 30.5 Å². The summed E-state index contributed by atoms with van der Waals surface area (Å²) in [7, 11) is 1.68. The molecule has 0 aromatic heterocycles. The molecular weight excluding hydrogens is 297 g/mol. The van der Waals surface area contributed by atoms with Gasteiger partial charge in [0, 0.05) is 32.6 Å². The molecule has 126 valence electrons. The number of carbonyl (C=O) groups is 2. The molecule has 2 N–H and O–H groups in total. The second-order valence-electron chi connectivity index (χ2n) is 5.99. The second kappa shape index (κ2) is 8.50. The number of nitrogens with zero attached hydrogens (tertiary/aromatic N) is 1. The number of halogens is 1. The highest BCUT2D eigenvalue weighted by molar-refractivity contribution is 5.79. The molecule has 0 heterocycles. The molecule has 0 unspecified atom stereocenters. The molecule has 0 aliphatic heterocycles. The molecule has 0 bridgehead atoms. The molecule has 1 aliphatic rings. The quantitative estimate of drug-likeness (QED) is 0.790. The average molecular weight is 321 g/mol. The maximum absolute atomic E-state index is 12.8. The Morgan fingerprint density at radius 3 is 2.39 bits per heavy atom. The second-order valence-corrected chi connectivity index (χ2v) is 5.99. The molecule has 1 fully saturated rings. The predicted octanol–water partition coefficient (Wildman–Crippen LogP) is 2.27. The van der Waals surface area contributed by atoms with Crippen LogP contribution in [0, 0.1) is 11.7 Å². The van der Waals surface area contributed by atoms with Gasteiger partial charge in [-0.25, -0.2) is 9.18 Å². The van der Waals surface area contributed by atoms with E-state index in [1.807, 2.05) is 0 Å². The first-order valence-electron chi connectivity index (χ1n) is 8.07. The fourth-order valence-corrected chi connectivity index (χ4v) is 2.76. The average Bonchev–Trinajstić information content (AvgIpc) is 3.07. The van der Waals surface area contributed by atoms with Gasteiger partial charge in [-0.1, -0.05) is 25.0 Å². The SMILES string of the molecule is CN(Cc1ccc(F)cc1)C(=O)NCCNC(=O)C1CCCC1. The van der Waals surface area contributed by atoms with Crippen LogP contribution in [0.25, 0.3) is 0 Å². The van der Waals surface area contributed by atoms with Crippen molar-refractivity contribution in [3.8, 4) is 0 Å². The molecule has 0 spiro atoms. The van der Waals surface area contributed by atoms with Crippen molar-refractivity contribution in [1.82, 2.24) is 15.5 Å². The molecule has 0 radical (unpaired) electrons. The summed E-state index contributed by atoms with van der Waals surface area (Å²) in [5.74, 6) is -0.0536. The summed E-state index contributed by atoms with van der Waals surface area (Å²) >= 11 is 0. The standard InChI is InChI=1S/C17H24FN3O2/c1-21(12-13-6-8-15(18)9-7-13)17(23)20-11-10-19-16(22)14-4-2-3-5-14/h6-9,14H,2-5,10-12H2,1H3,(H,19,22)(H,20,23). The molecule has 1 aromatic carbocycles. The van der Waals surface area contributed by atoms with Gasteiger partial charge in [-0.15, -0.1) is 0 Å². The Balaban J connectivity index is 1.63. The summed E-state index contributed by atoms with van der Waals surface area (Å²) < 4.78 is 12.8. The molecule has 1 saturated carbocycles. The maximum atomic E-state index is 12.8. The topological polar surface area (TPSA) is 61.4 Å². The van der Waals surface area contributed by atoms with Crippen molar-refractivity contribution in [1.29, 1.82) is 0 Å². The third-order valence-corrected chi connectivity index (χ3v) is 4.11. The molecule has 6 heteroatoms. The van der Waals surface area contributed by atoms with Gasteiger partial charge in [-0.2, -0.15) is 0 Å². The lowest BCUT2D eigenvalue weighted by Gasteiger charge is -2.18. The van der Waals surface area contributed by atoms with Crippen LogP contribution in [0.4, 0.5) is 9.18 Å². The van der Waals surface area contributed by atoms with Gasteiger partial charge in [0.25, 0.3) is 0 Å². The lowest BCUT2D eigenvalue weighted by molar-refractivity contribution is -0.124. The van der Waals surface area contributed by atoms with Crippen LogP contribution >= 0.6 is 0 Å². The summed E-state index contributed by atoms with van der Waals surface area (Å²) in [5, 5.41) is 5.62. The number of urea groups is 1. The number of nitrogens with one attached hydrogen (secondary N) is 2. The molecule has 3 amide bonds. The van der Waals surface area contributed by atoms with Crippen LogP contribution in [0.5, 0.6) is 0 Å². The van der Waals surface area contributed by atoms with Crippen LogP contribution in [0.2, 0.25) is 0 Å². The fourth-order valence-electron chi connectivity index (χ4n) is 2.76. The van der Waals surface area contributed by atoms with Crippen LogP contribution in [-0.2, 0) is 11.3 Å². The van der Waals surface area contributed by atoms with E-state index in [9.17, 15) is 14.0 Å². The van der Waals surface area contributed by atoms with Crippen molar-refractivity contribution in [2.75, 3.05) is 20.1 Å². The molecule has 1 aromatic rings. The molecule has 2 rings (SSSR count). The lowest BCUT2D eigenvalue weighted by Crippen LogP contribution is -2.41. The van der Waals surface area contributed by atoms with Crippen LogP contribution in [0.1, 0.15) is 31.2 Å². The van der Waals surface area contributed by atoms with E-state index < -0.39 is 0 Å². The highest BCUT2D eigenvalue weighted by atomic mass is 19.1. The third-order valence-electron chi connectivity index (χ3n) is 4.11. The van der Waals surface area contributed by atoms with Gasteiger partial charge in [0.05, 0.1) is 0 Å². The maximum Gasteiger partial charge on any atom is 0.317 e. The van der Waals surface area contributed by atoms with Crippen molar-refractivity contribution in [3.63, 3.8) is 0 Å². The minimum atomic E-state index is -0.293. The fraction of sp³-hybridized carbons (Fsp3) is 0.529. The van der Waals surface area contributed by atoms with E-state index in [1.165, 1.54) is 17.0 Å². The number of amides is 3. The summed E-state index contributed by atoms with van der Waals surface area (Å²) in [5.41, 5.74) is 0.860. The monoisotopic (exact) mass is 321 g/mol. The first-order valence-corrected chi connectivity index (χ1v) is 8.07. The zero-order chi connectivity index (χ0) is 16.7. The van der Waals surface area contributed by atoms with Gasteiger partial charge in [0.1, 0.15) is 5.82 Å². The Morgan fingerprint density at radius 2 is 1.74 bits per heavy atom. The van der Waals surface area contributed by atoms with Crippen LogP contribution in [0.3, 0.4) is 0 Å². The molecule has 1 aliphatic carbocycles. The van der Waals surface area contributed by atoms with E-state index in [0.29, 0.717) is 19.6 Å². The summed E-state index contributed by atoms with van der Waals surface area (Å²) in [4.78, 5) is 25.3. The molecule has 0 saturated heterocycles. The summed E-state index contributed by atoms with van der Waals surface area (Å²) in [6, 6.07) is 5.84. The van der Waals surface area contributed by atoms with Gasteiger partial charge in [0.2, 0.25) is 5.91 Å². The Bertz CT molecular complexity index is 527. The number of hydrogen-bond donors (Lipinski definition) is 2. The van der Waals surface area contributed by atoms with Crippen molar-refractivity contribution >= 4 is 11.9 Å². The zero-order valence-electron chi connectivity index (χ0n) is 13.5. The molecule has 23 heavy (non-hydrogen) atoms. The van der Waals surface area contributed by atoms with Gasteiger partial charge < -0.3 is 15.5 Å². The first-order chi connectivity index (χ1) is 11.1. The minimum absolute atomic E-state index is 0.0939. The van der Waals surface area contributed by atoms with Crippen molar-refractivity contribution in [2.24, 2.45) is 5.92 Å². The minimum Gasteiger partial charge on any atom is -0.354 e. The Labute approximate surface area is 136 Å². The number of carbonyl (C=O) groups excluding carboxylic acids is 2. The number of hydrogen-bond acceptors (Lipinski definition) is 2. The van der Waals surface area contributed by atoms with Crippen LogP contribution in [-0.4, -0.2) is 37.0 Å². The normalized spacial score (nSPS) is 14.5. The molecule has 5 nitrogen and oxygen atoms in total. The zero-order valence-corrected chi connectivity index (χ0v) is 13.5. The van der Waals surface area contributed by atoms with Crippen molar-refractivity contribution in [3.05, 3.63) is 35.6 Å². The largest absolute Gasteiger partial charge is 0.354 e. The number of rotatable bonds is 6. The van der Waals surface area contributed by atoms with E-state index in [0.717, 1.165) is 31.2 Å². The van der Waals surface area contributed by atoms with Crippen molar-refractivity contribution < 1.29 is 14.0 Å². The summed E-state index contributed by atoms with van der Waals surface area (Å²) in [6.07, 6.45) is 4.20. The lowest BCUT2D eigenvalue weighted by atomic mass is 10.1. The predicted molar refractivity (Wildman–Crippen MR) is 86.2 cm³/mol. The van der Waals surface area contributed by atoms with Crippen LogP contribution < -0.4 is 10.6 Å². The Morgan fingerprint density at radius 1 is 1.13 bits per heavy atom. The van der Waals surface area contributed by atoms with E-state index in [2.05, 4.69) is 10.6 Å². The molecule has 0 atom stereocenters. The van der Waals surface area contributed by atoms with Gasteiger partial charge >= 0.3 is 6.03 Å². The van der Waals surface area contributed by atoms with E-state index in [4.69, 9.17) is 0 Å².